The quantitative estimate of drug-likeness (QED) is 0.780. The molecule has 2 N–H and O–H groups in total. The number of nitrogens with one attached hydrogen (secondary N) is 2. The summed E-state index contributed by atoms with van der Waals surface area (Å²) >= 11 is 0. The molecule has 2 heterocycles. The highest BCUT2D eigenvalue weighted by Crippen LogP contribution is 2.13. The van der Waals surface area contributed by atoms with Gasteiger partial charge in [0.2, 0.25) is 5.43 Å². The van der Waals surface area contributed by atoms with Gasteiger partial charge in [0.05, 0.1) is 12.3 Å². The summed E-state index contributed by atoms with van der Waals surface area (Å²) in [5.74, 6) is -0.159. The van der Waals surface area contributed by atoms with Crippen LogP contribution in [0.5, 0.6) is 0 Å². The molecule has 146 valence electrons. The van der Waals surface area contributed by atoms with Crippen LogP contribution in [0, 0.1) is 5.92 Å². The molecule has 0 radical (unpaired) electrons. The van der Waals surface area contributed by atoms with Crippen molar-refractivity contribution in [2.24, 2.45) is 5.92 Å². The molecule has 0 aliphatic rings. The summed E-state index contributed by atoms with van der Waals surface area (Å²) in [7, 11) is 0. The summed E-state index contributed by atoms with van der Waals surface area (Å²) < 4.78 is 7.00. The zero-order chi connectivity index (χ0) is 20.1. The highest BCUT2D eigenvalue weighted by molar-refractivity contribution is 5.99. The van der Waals surface area contributed by atoms with Gasteiger partial charge in [0.1, 0.15) is 16.9 Å². The molecule has 7 heteroatoms. The first-order valence-electron chi connectivity index (χ1n) is 9.08. The molecule has 0 aliphatic heterocycles. The molecule has 2 aromatic rings. The van der Waals surface area contributed by atoms with E-state index < -0.39 is 23.3 Å². The predicted molar refractivity (Wildman–Crippen MR) is 103 cm³/mol. The number of furan rings is 1. The maximum Gasteiger partial charge on any atom is 0.257 e. The number of hydrogen-bond donors (Lipinski definition) is 2. The van der Waals surface area contributed by atoms with Crippen LogP contribution in [0.2, 0.25) is 0 Å². The van der Waals surface area contributed by atoms with Crippen molar-refractivity contribution in [3.05, 3.63) is 57.9 Å². The second-order valence-corrected chi connectivity index (χ2v) is 7.34. The molecule has 27 heavy (non-hydrogen) atoms. The van der Waals surface area contributed by atoms with E-state index in [0.717, 1.165) is 0 Å². The van der Waals surface area contributed by atoms with E-state index in [0.29, 0.717) is 12.3 Å². The van der Waals surface area contributed by atoms with Crippen molar-refractivity contribution in [3.63, 3.8) is 0 Å². The lowest BCUT2D eigenvalue weighted by Crippen LogP contribution is -2.38. The van der Waals surface area contributed by atoms with Crippen LogP contribution in [0.15, 0.2) is 40.0 Å². The standard InChI is InChI=1S/C20H27N3O4/c1-12(2)9-23-10-15(19(25)21-13(3)4)18(24)16(11-23)20(26)22-14(5)17-7-6-8-27-17/h6-8,10-14H,9H2,1-5H3,(H,21,25)(H,22,26)/t14-/m1/s1. The van der Waals surface area contributed by atoms with Gasteiger partial charge in [-0.05, 0) is 38.8 Å². The van der Waals surface area contributed by atoms with Crippen LogP contribution < -0.4 is 16.1 Å². The third kappa shape index (κ3) is 5.32. The average molecular weight is 373 g/mol. The monoisotopic (exact) mass is 373 g/mol. The van der Waals surface area contributed by atoms with Gasteiger partial charge < -0.3 is 19.6 Å². The van der Waals surface area contributed by atoms with Gasteiger partial charge in [-0.2, -0.15) is 0 Å². The molecule has 0 spiro atoms. The van der Waals surface area contributed by atoms with Gasteiger partial charge in [0, 0.05) is 25.0 Å². The van der Waals surface area contributed by atoms with Crippen molar-refractivity contribution >= 4 is 11.8 Å². The lowest BCUT2D eigenvalue weighted by molar-refractivity contribution is 0.0933. The Morgan fingerprint density at radius 1 is 1.04 bits per heavy atom. The predicted octanol–water partition coefficient (Wildman–Crippen LogP) is 2.73. The van der Waals surface area contributed by atoms with Crippen LogP contribution in [0.1, 0.15) is 67.1 Å². The van der Waals surface area contributed by atoms with Crippen molar-refractivity contribution in [2.45, 2.75) is 53.2 Å². The minimum Gasteiger partial charge on any atom is -0.467 e. The Kier molecular flexibility index (Phi) is 6.60. The van der Waals surface area contributed by atoms with Crippen LogP contribution >= 0.6 is 0 Å². The lowest BCUT2D eigenvalue weighted by Gasteiger charge is -2.16. The SMILES string of the molecule is CC(C)Cn1cc(C(=O)NC(C)C)c(=O)c(C(=O)N[C@H](C)c2ccco2)c1. The third-order valence-corrected chi connectivity index (χ3v) is 3.88. The van der Waals surface area contributed by atoms with E-state index in [2.05, 4.69) is 10.6 Å². The highest BCUT2D eigenvalue weighted by atomic mass is 16.3. The van der Waals surface area contributed by atoms with E-state index in [1.165, 1.54) is 18.7 Å². The summed E-state index contributed by atoms with van der Waals surface area (Å²) in [4.78, 5) is 37.9. The van der Waals surface area contributed by atoms with E-state index in [4.69, 9.17) is 4.42 Å². The molecule has 0 aliphatic carbocycles. The number of nitrogens with zero attached hydrogens (tertiary/aromatic N) is 1. The van der Waals surface area contributed by atoms with Crippen LogP contribution in [-0.2, 0) is 6.54 Å². The molecule has 0 bridgehead atoms. The molecule has 2 amide bonds. The highest BCUT2D eigenvalue weighted by Gasteiger charge is 2.22. The normalized spacial score (nSPS) is 12.3. The average Bonchev–Trinajstić information content (AvgIpc) is 3.09. The van der Waals surface area contributed by atoms with Crippen LogP contribution in [-0.4, -0.2) is 22.4 Å². The minimum absolute atomic E-state index is 0.0392. The molecule has 2 rings (SSSR count). The fraction of sp³-hybridized carbons (Fsp3) is 0.450. The number of rotatable bonds is 7. The minimum atomic E-state index is -0.586. The van der Waals surface area contributed by atoms with Gasteiger partial charge in [0.25, 0.3) is 11.8 Å². The molecular weight excluding hydrogens is 346 g/mol. The molecule has 0 saturated heterocycles. The number of pyridine rings is 1. The van der Waals surface area contributed by atoms with Crippen molar-refractivity contribution in [3.8, 4) is 0 Å². The maximum atomic E-state index is 12.8. The van der Waals surface area contributed by atoms with Crippen LogP contribution in [0.25, 0.3) is 0 Å². The topological polar surface area (TPSA) is 93.3 Å². The first-order chi connectivity index (χ1) is 12.7. The van der Waals surface area contributed by atoms with Crippen molar-refractivity contribution in [1.82, 2.24) is 15.2 Å². The van der Waals surface area contributed by atoms with Gasteiger partial charge in [-0.1, -0.05) is 13.8 Å². The fourth-order valence-electron chi connectivity index (χ4n) is 2.70. The van der Waals surface area contributed by atoms with Gasteiger partial charge in [-0.3, -0.25) is 14.4 Å². The smallest absolute Gasteiger partial charge is 0.257 e. The Morgan fingerprint density at radius 2 is 1.63 bits per heavy atom. The second kappa shape index (κ2) is 8.70. The molecule has 0 saturated carbocycles. The number of carbonyl (C=O) groups excluding carboxylic acids is 2. The number of aromatic nitrogens is 1. The Labute approximate surface area is 158 Å². The lowest BCUT2D eigenvalue weighted by atomic mass is 10.1. The van der Waals surface area contributed by atoms with Gasteiger partial charge >= 0.3 is 0 Å². The first-order valence-corrected chi connectivity index (χ1v) is 9.08. The van der Waals surface area contributed by atoms with Gasteiger partial charge in [0.15, 0.2) is 0 Å². The first kappa shape index (κ1) is 20.5. The molecule has 7 nitrogen and oxygen atoms in total. The molecule has 0 fully saturated rings. The van der Waals surface area contributed by atoms with Crippen molar-refractivity contribution in [1.29, 1.82) is 0 Å². The zero-order valence-electron chi connectivity index (χ0n) is 16.4. The van der Waals surface area contributed by atoms with Gasteiger partial charge in [-0.15, -0.1) is 0 Å². The van der Waals surface area contributed by atoms with Crippen molar-refractivity contribution < 1.29 is 14.0 Å². The zero-order valence-corrected chi connectivity index (χ0v) is 16.4. The van der Waals surface area contributed by atoms with Crippen LogP contribution in [0.4, 0.5) is 0 Å². The van der Waals surface area contributed by atoms with Crippen LogP contribution in [0.3, 0.4) is 0 Å². The summed E-state index contributed by atoms with van der Waals surface area (Å²) in [5, 5.41) is 5.46. The summed E-state index contributed by atoms with van der Waals surface area (Å²) in [5.41, 5.74) is -0.689. The Balaban J connectivity index is 2.39. The summed E-state index contributed by atoms with van der Waals surface area (Å²) in [6, 6.07) is 2.95. The molecular formula is C20H27N3O4. The van der Waals surface area contributed by atoms with E-state index in [1.807, 2.05) is 27.7 Å². The van der Waals surface area contributed by atoms with E-state index in [9.17, 15) is 14.4 Å². The Bertz CT molecular complexity index is 851. The Hall–Kier alpha value is -2.83. The third-order valence-electron chi connectivity index (χ3n) is 3.88. The Morgan fingerprint density at radius 3 is 2.11 bits per heavy atom. The van der Waals surface area contributed by atoms with E-state index in [-0.39, 0.29) is 23.1 Å². The second-order valence-electron chi connectivity index (χ2n) is 7.34. The number of carbonyl (C=O) groups is 2. The molecule has 2 aromatic heterocycles. The van der Waals surface area contributed by atoms with E-state index >= 15 is 0 Å². The maximum absolute atomic E-state index is 12.8. The fourth-order valence-corrected chi connectivity index (χ4v) is 2.70. The van der Waals surface area contributed by atoms with Crippen molar-refractivity contribution in [2.75, 3.05) is 0 Å². The largest absolute Gasteiger partial charge is 0.467 e. The molecule has 1 atom stereocenters. The molecule has 0 aromatic carbocycles. The van der Waals surface area contributed by atoms with E-state index in [1.54, 1.807) is 23.6 Å². The number of amides is 2. The summed E-state index contributed by atoms with van der Waals surface area (Å²) in [6.45, 7) is 10.0. The van der Waals surface area contributed by atoms with Gasteiger partial charge in [-0.25, -0.2) is 0 Å². The summed E-state index contributed by atoms with van der Waals surface area (Å²) in [6.07, 6.45) is 4.52. The molecule has 0 unspecified atom stereocenters. The number of hydrogen-bond acceptors (Lipinski definition) is 4.